The standard InChI is InChI=1S/C15H24N2O/c1-4-6-10-17(14(18)11-16)15-12(3)8-7-9-13(15)5-2/h7-9H,4-6,10-11,16H2,1-3H3. The van der Waals surface area contributed by atoms with Crippen molar-refractivity contribution in [2.75, 3.05) is 18.0 Å². The van der Waals surface area contributed by atoms with E-state index in [1.54, 1.807) is 0 Å². The van der Waals surface area contributed by atoms with Gasteiger partial charge in [-0.15, -0.1) is 0 Å². The van der Waals surface area contributed by atoms with E-state index in [9.17, 15) is 4.79 Å². The molecular formula is C15H24N2O. The van der Waals surface area contributed by atoms with Crippen molar-refractivity contribution in [2.45, 2.75) is 40.0 Å². The van der Waals surface area contributed by atoms with Crippen molar-refractivity contribution >= 4 is 11.6 Å². The van der Waals surface area contributed by atoms with Crippen LogP contribution in [0.25, 0.3) is 0 Å². The van der Waals surface area contributed by atoms with Crippen molar-refractivity contribution < 1.29 is 4.79 Å². The smallest absolute Gasteiger partial charge is 0.240 e. The summed E-state index contributed by atoms with van der Waals surface area (Å²) in [6, 6.07) is 6.19. The predicted molar refractivity (Wildman–Crippen MR) is 76.9 cm³/mol. The lowest BCUT2D eigenvalue weighted by Gasteiger charge is -2.26. The third-order valence-corrected chi connectivity index (χ3v) is 3.18. The Bertz CT molecular complexity index is 401. The number of amides is 1. The summed E-state index contributed by atoms with van der Waals surface area (Å²) in [7, 11) is 0. The monoisotopic (exact) mass is 248 g/mol. The molecule has 3 heteroatoms. The molecule has 3 nitrogen and oxygen atoms in total. The second kappa shape index (κ2) is 7.17. The van der Waals surface area contributed by atoms with E-state index < -0.39 is 0 Å². The van der Waals surface area contributed by atoms with E-state index in [-0.39, 0.29) is 12.5 Å². The summed E-state index contributed by atoms with van der Waals surface area (Å²) in [6.45, 7) is 7.12. The van der Waals surface area contributed by atoms with Gasteiger partial charge in [-0.25, -0.2) is 0 Å². The van der Waals surface area contributed by atoms with Crippen molar-refractivity contribution in [1.82, 2.24) is 0 Å². The Kier molecular flexibility index (Phi) is 5.86. The van der Waals surface area contributed by atoms with Gasteiger partial charge in [-0.1, -0.05) is 38.5 Å². The Morgan fingerprint density at radius 3 is 2.61 bits per heavy atom. The fourth-order valence-corrected chi connectivity index (χ4v) is 2.18. The SMILES string of the molecule is CCCCN(C(=O)CN)c1c(C)cccc1CC. The molecule has 0 aromatic heterocycles. The minimum Gasteiger partial charge on any atom is -0.322 e. The number of nitrogens with two attached hydrogens (primary N) is 1. The Morgan fingerprint density at radius 1 is 1.33 bits per heavy atom. The number of hydrogen-bond acceptors (Lipinski definition) is 2. The van der Waals surface area contributed by atoms with Crippen molar-refractivity contribution in [3.05, 3.63) is 29.3 Å². The van der Waals surface area contributed by atoms with Gasteiger partial charge in [0.15, 0.2) is 0 Å². The van der Waals surface area contributed by atoms with Crippen LogP contribution in [-0.4, -0.2) is 19.0 Å². The van der Waals surface area contributed by atoms with Gasteiger partial charge in [-0.05, 0) is 30.9 Å². The first-order chi connectivity index (χ1) is 8.65. The lowest BCUT2D eigenvalue weighted by Crippen LogP contribution is -2.37. The molecule has 0 bridgehead atoms. The number of aryl methyl sites for hydroxylation is 2. The average Bonchev–Trinajstić information content (AvgIpc) is 2.39. The first-order valence-corrected chi connectivity index (χ1v) is 6.74. The molecular weight excluding hydrogens is 224 g/mol. The molecule has 100 valence electrons. The number of benzene rings is 1. The van der Waals surface area contributed by atoms with Crippen molar-refractivity contribution in [3.63, 3.8) is 0 Å². The lowest BCUT2D eigenvalue weighted by atomic mass is 10.0. The molecule has 0 saturated heterocycles. The Balaban J connectivity index is 3.14. The highest BCUT2D eigenvalue weighted by atomic mass is 16.2. The maximum absolute atomic E-state index is 12.0. The number of anilines is 1. The van der Waals surface area contributed by atoms with E-state index in [0.29, 0.717) is 0 Å². The fourth-order valence-electron chi connectivity index (χ4n) is 2.18. The van der Waals surface area contributed by atoms with Crippen LogP contribution in [0.1, 0.15) is 37.8 Å². The van der Waals surface area contributed by atoms with E-state index in [2.05, 4.69) is 32.9 Å². The second-order valence-corrected chi connectivity index (χ2v) is 4.54. The zero-order chi connectivity index (χ0) is 13.5. The zero-order valence-corrected chi connectivity index (χ0v) is 11.7. The minimum absolute atomic E-state index is 0.00690. The van der Waals surface area contributed by atoms with Crippen molar-refractivity contribution in [3.8, 4) is 0 Å². The third kappa shape index (κ3) is 3.33. The van der Waals surface area contributed by atoms with E-state index in [4.69, 9.17) is 5.73 Å². The molecule has 1 rings (SSSR count). The van der Waals surface area contributed by atoms with Gasteiger partial charge in [0.05, 0.1) is 6.54 Å². The van der Waals surface area contributed by atoms with Crippen LogP contribution in [0.4, 0.5) is 5.69 Å². The van der Waals surface area contributed by atoms with Gasteiger partial charge in [0.2, 0.25) is 5.91 Å². The molecule has 0 heterocycles. The Labute approximate surface area is 110 Å². The highest BCUT2D eigenvalue weighted by molar-refractivity contribution is 5.96. The predicted octanol–water partition coefficient (Wildman–Crippen LogP) is 2.65. The average molecular weight is 248 g/mol. The number of unbranched alkanes of at least 4 members (excludes halogenated alkanes) is 1. The maximum atomic E-state index is 12.0. The number of hydrogen-bond donors (Lipinski definition) is 1. The van der Waals surface area contributed by atoms with E-state index in [0.717, 1.165) is 37.1 Å². The minimum atomic E-state index is 0.00690. The summed E-state index contributed by atoms with van der Waals surface area (Å²) in [5.41, 5.74) is 8.95. The largest absolute Gasteiger partial charge is 0.322 e. The van der Waals surface area contributed by atoms with Gasteiger partial charge in [0, 0.05) is 12.2 Å². The topological polar surface area (TPSA) is 46.3 Å². The number of nitrogens with zero attached hydrogens (tertiary/aromatic N) is 1. The Hall–Kier alpha value is -1.35. The van der Waals surface area contributed by atoms with E-state index in [1.165, 1.54) is 5.56 Å². The molecule has 0 aliphatic rings. The summed E-state index contributed by atoms with van der Waals surface area (Å²) in [4.78, 5) is 13.9. The highest BCUT2D eigenvalue weighted by Crippen LogP contribution is 2.26. The molecule has 0 radical (unpaired) electrons. The molecule has 1 aromatic rings. The molecule has 0 spiro atoms. The molecule has 0 unspecified atom stereocenters. The van der Waals surface area contributed by atoms with Crippen LogP contribution in [-0.2, 0) is 11.2 Å². The van der Waals surface area contributed by atoms with Crippen LogP contribution in [0, 0.1) is 6.92 Å². The molecule has 2 N–H and O–H groups in total. The molecule has 1 amide bonds. The Morgan fingerprint density at radius 2 is 2.06 bits per heavy atom. The summed E-state index contributed by atoms with van der Waals surface area (Å²) in [5.74, 6) is 0.00690. The fraction of sp³-hybridized carbons (Fsp3) is 0.533. The lowest BCUT2D eigenvalue weighted by molar-refractivity contribution is -0.117. The molecule has 0 fully saturated rings. The molecule has 18 heavy (non-hydrogen) atoms. The van der Waals surface area contributed by atoms with Crippen LogP contribution >= 0.6 is 0 Å². The van der Waals surface area contributed by atoms with Crippen molar-refractivity contribution in [2.24, 2.45) is 5.73 Å². The van der Waals surface area contributed by atoms with Crippen LogP contribution in [0.3, 0.4) is 0 Å². The summed E-state index contributed by atoms with van der Waals surface area (Å²) in [5, 5.41) is 0. The van der Waals surface area contributed by atoms with Crippen LogP contribution in [0.5, 0.6) is 0 Å². The molecule has 0 atom stereocenters. The molecule has 0 saturated carbocycles. The van der Waals surface area contributed by atoms with E-state index in [1.807, 2.05) is 11.0 Å². The number of rotatable bonds is 6. The zero-order valence-electron chi connectivity index (χ0n) is 11.7. The quantitative estimate of drug-likeness (QED) is 0.841. The highest BCUT2D eigenvalue weighted by Gasteiger charge is 2.18. The first kappa shape index (κ1) is 14.7. The van der Waals surface area contributed by atoms with Gasteiger partial charge in [-0.2, -0.15) is 0 Å². The van der Waals surface area contributed by atoms with Crippen LogP contribution in [0.2, 0.25) is 0 Å². The van der Waals surface area contributed by atoms with Gasteiger partial charge >= 0.3 is 0 Å². The van der Waals surface area contributed by atoms with Gasteiger partial charge in [0.1, 0.15) is 0 Å². The molecule has 0 aliphatic heterocycles. The first-order valence-electron chi connectivity index (χ1n) is 6.74. The van der Waals surface area contributed by atoms with Gasteiger partial charge in [-0.3, -0.25) is 4.79 Å². The van der Waals surface area contributed by atoms with Crippen molar-refractivity contribution in [1.29, 1.82) is 0 Å². The maximum Gasteiger partial charge on any atom is 0.240 e. The number of carbonyl (C=O) groups excluding carboxylic acids is 1. The number of carbonyl (C=O) groups is 1. The molecule has 0 aliphatic carbocycles. The van der Waals surface area contributed by atoms with Gasteiger partial charge in [0.25, 0.3) is 0 Å². The summed E-state index contributed by atoms with van der Waals surface area (Å²) >= 11 is 0. The third-order valence-electron chi connectivity index (χ3n) is 3.18. The molecule has 1 aromatic carbocycles. The number of para-hydroxylation sites is 1. The normalized spacial score (nSPS) is 10.4. The van der Waals surface area contributed by atoms with Gasteiger partial charge < -0.3 is 10.6 Å². The van der Waals surface area contributed by atoms with Crippen LogP contribution in [0.15, 0.2) is 18.2 Å². The summed E-state index contributed by atoms with van der Waals surface area (Å²) < 4.78 is 0. The van der Waals surface area contributed by atoms with Crippen LogP contribution < -0.4 is 10.6 Å². The second-order valence-electron chi connectivity index (χ2n) is 4.54. The summed E-state index contributed by atoms with van der Waals surface area (Å²) in [6.07, 6.45) is 3.00. The van der Waals surface area contributed by atoms with E-state index >= 15 is 0 Å².